The van der Waals surface area contributed by atoms with E-state index in [-0.39, 0.29) is 5.89 Å². The number of aromatic nitrogens is 6. The van der Waals surface area contributed by atoms with Gasteiger partial charge >= 0.3 is 6.43 Å². The molecule has 3 aromatic heterocycles. The average Bonchev–Trinajstić information content (AvgIpc) is 3.39. The molecule has 0 radical (unpaired) electrons. The number of halogens is 2. The minimum absolute atomic E-state index is 0.0239. The van der Waals surface area contributed by atoms with Gasteiger partial charge in [-0.2, -0.15) is 8.78 Å². The number of alkyl halides is 2. The van der Waals surface area contributed by atoms with Gasteiger partial charge in [0.25, 0.3) is 5.89 Å². The fourth-order valence-corrected chi connectivity index (χ4v) is 3.37. The highest BCUT2D eigenvalue weighted by atomic mass is 19.3. The third-order valence-corrected chi connectivity index (χ3v) is 5.03. The fourth-order valence-electron chi connectivity index (χ4n) is 3.37. The van der Waals surface area contributed by atoms with E-state index in [0.717, 1.165) is 43.9 Å². The Morgan fingerprint density at radius 1 is 1.18 bits per heavy atom. The van der Waals surface area contributed by atoms with Crippen LogP contribution in [0.25, 0.3) is 11.5 Å². The smallest absolute Gasteiger partial charge is 0.314 e. The molecule has 4 rings (SSSR count). The predicted octanol–water partition coefficient (Wildman–Crippen LogP) is 2.91. The molecule has 1 aliphatic rings. The highest BCUT2D eigenvalue weighted by Crippen LogP contribution is 2.26. The Balaban J connectivity index is 1.39. The third-order valence-electron chi connectivity index (χ3n) is 5.03. The Hall–Kier alpha value is -2.75. The molecule has 1 fully saturated rings. The number of rotatable bonds is 6. The van der Waals surface area contributed by atoms with E-state index in [1.165, 1.54) is 6.20 Å². The van der Waals surface area contributed by atoms with E-state index >= 15 is 0 Å². The average molecular weight is 389 g/mol. The quantitative estimate of drug-likeness (QED) is 0.641. The van der Waals surface area contributed by atoms with Gasteiger partial charge in [0.1, 0.15) is 0 Å². The van der Waals surface area contributed by atoms with Crippen molar-refractivity contribution in [1.82, 2.24) is 35.1 Å². The lowest BCUT2D eigenvalue weighted by Crippen LogP contribution is -2.32. The van der Waals surface area contributed by atoms with Crippen molar-refractivity contribution >= 4 is 0 Å². The minimum atomic E-state index is -2.79. The van der Waals surface area contributed by atoms with Gasteiger partial charge in [0.15, 0.2) is 0 Å². The maximum Gasteiger partial charge on any atom is 0.314 e. The molecule has 0 aliphatic carbocycles. The van der Waals surface area contributed by atoms with Crippen LogP contribution in [0, 0.1) is 0 Å². The van der Waals surface area contributed by atoms with Crippen LogP contribution in [0.4, 0.5) is 8.78 Å². The fraction of sp³-hybridized carbons (Fsp3) is 0.500. The maximum absolute atomic E-state index is 12.5. The zero-order valence-electron chi connectivity index (χ0n) is 15.5. The summed E-state index contributed by atoms with van der Waals surface area (Å²) >= 11 is 0. The lowest BCUT2D eigenvalue weighted by atomic mass is 9.94. The molecule has 4 heterocycles. The lowest BCUT2D eigenvalue weighted by Gasteiger charge is -2.29. The minimum Gasteiger partial charge on any atom is -0.415 e. The van der Waals surface area contributed by atoms with Crippen LogP contribution >= 0.6 is 0 Å². The van der Waals surface area contributed by atoms with Crippen molar-refractivity contribution in [2.24, 2.45) is 0 Å². The summed E-state index contributed by atoms with van der Waals surface area (Å²) < 4.78 is 31.8. The van der Waals surface area contributed by atoms with Crippen LogP contribution in [-0.2, 0) is 6.54 Å². The number of piperidine rings is 1. The molecule has 0 atom stereocenters. The topological polar surface area (TPSA) is 85.8 Å². The number of likely N-dealkylation sites (tertiary alicyclic amines) is 1. The molecule has 1 aliphatic heterocycles. The summed E-state index contributed by atoms with van der Waals surface area (Å²) in [7, 11) is 0. The van der Waals surface area contributed by atoms with Gasteiger partial charge in [-0.3, -0.25) is 4.98 Å². The van der Waals surface area contributed by atoms with Crippen molar-refractivity contribution in [3.05, 3.63) is 41.8 Å². The molecule has 0 N–H and O–H groups in total. The Morgan fingerprint density at radius 3 is 2.64 bits per heavy atom. The maximum atomic E-state index is 12.5. The molecule has 28 heavy (non-hydrogen) atoms. The number of hydrogen-bond donors (Lipinski definition) is 0. The molecule has 0 unspecified atom stereocenters. The van der Waals surface area contributed by atoms with E-state index in [0.29, 0.717) is 18.0 Å². The van der Waals surface area contributed by atoms with Crippen LogP contribution in [-0.4, -0.2) is 54.7 Å². The first-order valence-corrected chi connectivity index (χ1v) is 9.31. The van der Waals surface area contributed by atoms with Gasteiger partial charge < -0.3 is 9.32 Å². The molecule has 148 valence electrons. The van der Waals surface area contributed by atoms with Crippen LogP contribution < -0.4 is 0 Å². The zero-order chi connectivity index (χ0) is 19.5. The molecule has 0 aromatic carbocycles. The standard InChI is InChI=1S/C18H21F2N7O/c1-2-26-7-5-12(6-8-26)15-11-27(25-22-15)10-14-4-3-13(9-21-14)17-23-24-18(28-17)16(19)20/h3-4,9,11-12,16H,2,5-8,10H2,1H3. The first kappa shape index (κ1) is 18.6. The Labute approximate surface area is 160 Å². The van der Waals surface area contributed by atoms with Gasteiger partial charge in [-0.15, -0.1) is 15.3 Å². The highest BCUT2D eigenvalue weighted by molar-refractivity contribution is 5.50. The zero-order valence-corrected chi connectivity index (χ0v) is 15.5. The van der Waals surface area contributed by atoms with Gasteiger partial charge in [0, 0.05) is 18.3 Å². The summed E-state index contributed by atoms with van der Waals surface area (Å²) in [6, 6.07) is 3.49. The van der Waals surface area contributed by atoms with Crippen molar-refractivity contribution in [2.75, 3.05) is 19.6 Å². The SMILES string of the molecule is CCN1CCC(c2cn(Cc3ccc(-c4nnc(C(F)F)o4)cn3)nn2)CC1. The summed E-state index contributed by atoms with van der Waals surface area (Å²) in [6.45, 7) is 5.95. The molecule has 1 saturated heterocycles. The summed E-state index contributed by atoms with van der Waals surface area (Å²) in [4.78, 5) is 6.78. The molecule has 0 bridgehead atoms. The summed E-state index contributed by atoms with van der Waals surface area (Å²) in [5.74, 6) is -0.219. The van der Waals surface area contributed by atoms with Crippen LogP contribution in [0.1, 0.15) is 49.4 Å². The van der Waals surface area contributed by atoms with E-state index in [4.69, 9.17) is 4.42 Å². The van der Waals surface area contributed by atoms with Gasteiger partial charge in [-0.05, 0) is 44.6 Å². The molecule has 8 nitrogen and oxygen atoms in total. The third kappa shape index (κ3) is 4.06. The van der Waals surface area contributed by atoms with Crippen molar-refractivity contribution in [2.45, 2.75) is 38.7 Å². The summed E-state index contributed by atoms with van der Waals surface area (Å²) in [6.07, 6.45) is 2.92. The number of nitrogens with zero attached hydrogens (tertiary/aromatic N) is 7. The van der Waals surface area contributed by atoms with Gasteiger partial charge in [-0.1, -0.05) is 12.1 Å². The molecular formula is C18H21F2N7O. The summed E-state index contributed by atoms with van der Waals surface area (Å²) in [5.41, 5.74) is 2.29. The van der Waals surface area contributed by atoms with E-state index in [1.807, 2.05) is 6.20 Å². The second-order valence-electron chi connectivity index (χ2n) is 6.83. The highest BCUT2D eigenvalue weighted by Gasteiger charge is 2.22. The largest absolute Gasteiger partial charge is 0.415 e. The van der Waals surface area contributed by atoms with E-state index in [1.54, 1.807) is 16.8 Å². The Bertz CT molecular complexity index is 901. The van der Waals surface area contributed by atoms with Gasteiger partial charge in [-0.25, -0.2) is 4.68 Å². The second-order valence-corrected chi connectivity index (χ2v) is 6.83. The van der Waals surface area contributed by atoms with E-state index in [2.05, 4.69) is 37.3 Å². The Morgan fingerprint density at radius 2 is 2.00 bits per heavy atom. The molecule has 0 saturated carbocycles. The molecule has 0 amide bonds. The molecular weight excluding hydrogens is 368 g/mol. The van der Waals surface area contributed by atoms with Crippen LogP contribution in [0.3, 0.4) is 0 Å². The van der Waals surface area contributed by atoms with Crippen molar-refractivity contribution in [3.63, 3.8) is 0 Å². The second kappa shape index (κ2) is 8.09. The summed E-state index contributed by atoms with van der Waals surface area (Å²) in [5, 5.41) is 15.5. The van der Waals surface area contributed by atoms with Crippen LogP contribution in [0.5, 0.6) is 0 Å². The predicted molar refractivity (Wildman–Crippen MR) is 95.7 cm³/mol. The van der Waals surface area contributed by atoms with E-state index < -0.39 is 12.3 Å². The van der Waals surface area contributed by atoms with E-state index in [9.17, 15) is 8.78 Å². The molecule has 10 heteroatoms. The monoisotopic (exact) mass is 389 g/mol. The first-order chi connectivity index (χ1) is 13.6. The number of pyridine rings is 1. The number of hydrogen-bond acceptors (Lipinski definition) is 7. The first-order valence-electron chi connectivity index (χ1n) is 9.31. The van der Waals surface area contributed by atoms with Gasteiger partial charge in [0.2, 0.25) is 5.89 Å². The van der Waals surface area contributed by atoms with Crippen molar-refractivity contribution < 1.29 is 13.2 Å². The molecule has 0 spiro atoms. The Kier molecular flexibility index (Phi) is 5.38. The van der Waals surface area contributed by atoms with Crippen molar-refractivity contribution in [1.29, 1.82) is 0 Å². The lowest BCUT2D eigenvalue weighted by molar-refractivity contribution is 0.116. The van der Waals surface area contributed by atoms with Crippen LogP contribution in [0.2, 0.25) is 0 Å². The van der Waals surface area contributed by atoms with Crippen LogP contribution in [0.15, 0.2) is 28.9 Å². The van der Waals surface area contributed by atoms with Crippen molar-refractivity contribution in [3.8, 4) is 11.5 Å². The van der Waals surface area contributed by atoms with Gasteiger partial charge in [0.05, 0.1) is 23.5 Å². The molecule has 3 aromatic rings. The normalized spacial score (nSPS) is 16.1.